The van der Waals surface area contributed by atoms with Gasteiger partial charge in [0.1, 0.15) is 0 Å². The van der Waals surface area contributed by atoms with Gasteiger partial charge in [-0.25, -0.2) is 0 Å². The molecule has 0 bridgehead atoms. The van der Waals surface area contributed by atoms with Crippen molar-refractivity contribution in [3.8, 4) is 0 Å². The Kier molecular flexibility index (Phi) is 8.65. The van der Waals surface area contributed by atoms with E-state index >= 15 is 0 Å². The molecule has 0 fully saturated rings. The SMILES string of the molecule is CCCCN(CCCC)CC(O)c1cc(Cl)c(C)c(Cl)c1. The summed E-state index contributed by atoms with van der Waals surface area (Å²) in [5.74, 6) is 0. The monoisotopic (exact) mass is 331 g/mol. The number of aliphatic hydroxyl groups is 1. The third-order valence-electron chi connectivity index (χ3n) is 3.77. The van der Waals surface area contributed by atoms with Crippen molar-refractivity contribution in [3.05, 3.63) is 33.3 Å². The van der Waals surface area contributed by atoms with Crippen LogP contribution in [-0.2, 0) is 0 Å². The van der Waals surface area contributed by atoms with Crippen molar-refractivity contribution >= 4 is 23.2 Å². The molecule has 0 aliphatic carbocycles. The molecule has 2 nitrogen and oxygen atoms in total. The van der Waals surface area contributed by atoms with E-state index in [0.717, 1.165) is 37.1 Å². The maximum absolute atomic E-state index is 10.5. The maximum atomic E-state index is 10.5. The predicted molar refractivity (Wildman–Crippen MR) is 92.4 cm³/mol. The second-order valence-electron chi connectivity index (χ2n) is 5.63. The van der Waals surface area contributed by atoms with E-state index in [4.69, 9.17) is 23.2 Å². The normalized spacial score (nSPS) is 12.9. The Morgan fingerprint density at radius 1 is 1.05 bits per heavy atom. The van der Waals surface area contributed by atoms with Crippen LogP contribution in [0.3, 0.4) is 0 Å². The number of halogens is 2. The van der Waals surface area contributed by atoms with Crippen molar-refractivity contribution in [2.75, 3.05) is 19.6 Å². The minimum absolute atomic E-state index is 0.547. The first-order chi connectivity index (χ1) is 9.99. The van der Waals surface area contributed by atoms with Crippen LogP contribution in [0.15, 0.2) is 12.1 Å². The highest BCUT2D eigenvalue weighted by Gasteiger charge is 2.15. The molecule has 0 radical (unpaired) electrons. The van der Waals surface area contributed by atoms with Crippen molar-refractivity contribution in [1.29, 1.82) is 0 Å². The second-order valence-corrected chi connectivity index (χ2v) is 6.45. The third kappa shape index (κ3) is 6.15. The topological polar surface area (TPSA) is 23.5 Å². The van der Waals surface area contributed by atoms with E-state index in [1.54, 1.807) is 0 Å². The van der Waals surface area contributed by atoms with Gasteiger partial charge in [0, 0.05) is 16.6 Å². The van der Waals surface area contributed by atoms with Crippen LogP contribution < -0.4 is 0 Å². The molecule has 0 spiro atoms. The van der Waals surface area contributed by atoms with Crippen molar-refractivity contribution in [2.24, 2.45) is 0 Å². The van der Waals surface area contributed by atoms with Crippen LogP contribution in [0.2, 0.25) is 10.0 Å². The number of rotatable bonds is 9. The lowest BCUT2D eigenvalue weighted by Gasteiger charge is -2.25. The van der Waals surface area contributed by atoms with E-state index in [1.165, 1.54) is 12.8 Å². The lowest BCUT2D eigenvalue weighted by atomic mass is 10.1. The van der Waals surface area contributed by atoms with E-state index in [9.17, 15) is 5.11 Å². The number of hydrogen-bond acceptors (Lipinski definition) is 2. The van der Waals surface area contributed by atoms with Gasteiger partial charge in [0.25, 0.3) is 0 Å². The van der Waals surface area contributed by atoms with Crippen LogP contribution in [0.4, 0.5) is 0 Å². The lowest BCUT2D eigenvalue weighted by molar-refractivity contribution is 0.111. The van der Waals surface area contributed by atoms with E-state index in [1.807, 2.05) is 19.1 Å². The van der Waals surface area contributed by atoms with Gasteiger partial charge >= 0.3 is 0 Å². The summed E-state index contributed by atoms with van der Waals surface area (Å²) >= 11 is 12.3. The van der Waals surface area contributed by atoms with Crippen molar-refractivity contribution in [2.45, 2.75) is 52.6 Å². The average molecular weight is 332 g/mol. The fourth-order valence-electron chi connectivity index (χ4n) is 2.27. The van der Waals surface area contributed by atoms with Gasteiger partial charge in [-0.1, -0.05) is 49.9 Å². The highest BCUT2D eigenvalue weighted by molar-refractivity contribution is 6.36. The molecule has 1 aromatic carbocycles. The minimum atomic E-state index is -0.547. The number of hydrogen-bond donors (Lipinski definition) is 1. The maximum Gasteiger partial charge on any atom is 0.0917 e. The van der Waals surface area contributed by atoms with Gasteiger partial charge in [-0.05, 0) is 56.1 Å². The van der Waals surface area contributed by atoms with Crippen molar-refractivity contribution in [3.63, 3.8) is 0 Å². The zero-order valence-electron chi connectivity index (χ0n) is 13.3. The molecule has 0 heterocycles. The molecular weight excluding hydrogens is 305 g/mol. The summed E-state index contributed by atoms with van der Waals surface area (Å²) in [7, 11) is 0. The van der Waals surface area contributed by atoms with Gasteiger partial charge in [0.2, 0.25) is 0 Å². The van der Waals surface area contributed by atoms with Crippen LogP contribution in [0.25, 0.3) is 0 Å². The van der Waals surface area contributed by atoms with Crippen LogP contribution in [0.5, 0.6) is 0 Å². The molecule has 1 N–H and O–H groups in total. The minimum Gasteiger partial charge on any atom is -0.387 e. The molecule has 0 aromatic heterocycles. The van der Waals surface area contributed by atoms with Gasteiger partial charge in [-0.2, -0.15) is 0 Å². The summed E-state index contributed by atoms with van der Waals surface area (Å²) in [6.07, 6.45) is 4.11. The molecule has 1 aromatic rings. The fraction of sp³-hybridized carbons (Fsp3) is 0.647. The van der Waals surface area contributed by atoms with Crippen molar-refractivity contribution in [1.82, 2.24) is 4.90 Å². The largest absolute Gasteiger partial charge is 0.387 e. The molecule has 4 heteroatoms. The molecular formula is C17H27Cl2NO. The van der Waals surface area contributed by atoms with Gasteiger partial charge in [-0.3, -0.25) is 0 Å². The quantitative estimate of drug-likeness (QED) is 0.669. The van der Waals surface area contributed by atoms with Gasteiger partial charge in [0.05, 0.1) is 6.10 Å². The number of benzene rings is 1. The standard InChI is InChI=1S/C17H27Cl2NO/c1-4-6-8-20(9-7-5-2)12-17(21)14-10-15(18)13(3)16(19)11-14/h10-11,17,21H,4-9,12H2,1-3H3. The summed E-state index contributed by atoms with van der Waals surface area (Å²) in [6.45, 7) is 8.95. The summed E-state index contributed by atoms with van der Waals surface area (Å²) in [5, 5.41) is 11.7. The number of unbranched alkanes of at least 4 members (excludes halogenated alkanes) is 2. The molecule has 0 aliphatic heterocycles. The molecule has 1 unspecified atom stereocenters. The van der Waals surface area contributed by atoms with Crippen LogP contribution in [0, 0.1) is 6.92 Å². The first-order valence-electron chi connectivity index (χ1n) is 7.85. The molecule has 21 heavy (non-hydrogen) atoms. The van der Waals surface area contributed by atoms with E-state index in [-0.39, 0.29) is 0 Å². The summed E-state index contributed by atoms with van der Waals surface area (Å²) in [4.78, 5) is 2.33. The lowest BCUT2D eigenvalue weighted by Crippen LogP contribution is -2.30. The second kappa shape index (κ2) is 9.68. The Hall–Kier alpha value is -0.280. The zero-order valence-corrected chi connectivity index (χ0v) is 14.8. The van der Waals surface area contributed by atoms with Gasteiger partial charge in [-0.15, -0.1) is 0 Å². The molecule has 0 saturated carbocycles. The Labute approximate surface area is 139 Å². The highest BCUT2D eigenvalue weighted by atomic mass is 35.5. The predicted octanol–water partition coefficient (Wildman–Crippen LogP) is 5.24. The number of nitrogens with zero attached hydrogens (tertiary/aromatic N) is 1. The van der Waals surface area contributed by atoms with Crippen LogP contribution >= 0.6 is 23.2 Å². The smallest absolute Gasteiger partial charge is 0.0917 e. The first kappa shape index (κ1) is 18.8. The third-order valence-corrected chi connectivity index (χ3v) is 4.56. The average Bonchev–Trinajstić information content (AvgIpc) is 2.46. The summed E-state index contributed by atoms with van der Waals surface area (Å²) < 4.78 is 0. The van der Waals surface area contributed by atoms with E-state index in [2.05, 4.69) is 18.7 Å². The molecule has 120 valence electrons. The Bertz CT molecular complexity index is 406. The van der Waals surface area contributed by atoms with Crippen LogP contribution in [-0.4, -0.2) is 29.6 Å². The van der Waals surface area contributed by atoms with E-state index < -0.39 is 6.10 Å². The molecule has 1 rings (SSSR count). The highest BCUT2D eigenvalue weighted by Crippen LogP contribution is 2.28. The van der Waals surface area contributed by atoms with E-state index in [0.29, 0.717) is 16.6 Å². The summed E-state index contributed by atoms with van der Waals surface area (Å²) in [6, 6.07) is 3.65. The van der Waals surface area contributed by atoms with Crippen LogP contribution in [0.1, 0.15) is 56.8 Å². The van der Waals surface area contributed by atoms with Crippen molar-refractivity contribution < 1.29 is 5.11 Å². The first-order valence-corrected chi connectivity index (χ1v) is 8.61. The summed E-state index contributed by atoms with van der Waals surface area (Å²) in [5.41, 5.74) is 1.66. The molecule has 0 aliphatic rings. The fourth-order valence-corrected chi connectivity index (χ4v) is 2.77. The number of aliphatic hydroxyl groups excluding tert-OH is 1. The Balaban J connectivity index is 2.73. The molecule has 0 saturated heterocycles. The van der Waals surface area contributed by atoms with Gasteiger partial charge < -0.3 is 10.0 Å². The Morgan fingerprint density at radius 3 is 1.95 bits per heavy atom. The van der Waals surface area contributed by atoms with Gasteiger partial charge in [0.15, 0.2) is 0 Å². The molecule has 1 atom stereocenters. The Morgan fingerprint density at radius 2 is 1.52 bits per heavy atom. The zero-order chi connectivity index (χ0) is 15.8. The molecule has 0 amide bonds.